The minimum absolute atomic E-state index is 0.000443. The third-order valence-electron chi connectivity index (χ3n) is 5.55. The van der Waals surface area contributed by atoms with Gasteiger partial charge in [-0.25, -0.2) is 0 Å². The fourth-order valence-electron chi connectivity index (χ4n) is 3.83. The number of aromatic nitrogens is 1. The molecule has 4 rings (SSSR count). The maximum absolute atomic E-state index is 12.9. The molecule has 0 unspecified atom stereocenters. The monoisotopic (exact) mass is 472 g/mol. The van der Waals surface area contributed by atoms with E-state index in [4.69, 9.17) is 5.41 Å². The molecule has 0 radical (unpaired) electrons. The summed E-state index contributed by atoms with van der Waals surface area (Å²) in [6.07, 6.45) is 0.00908. The first-order valence-corrected chi connectivity index (χ1v) is 12.1. The van der Waals surface area contributed by atoms with E-state index in [0.29, 0.717) is 23.4 Å². The molecule has 0 aliphatic rings. The molecule has 0 aliphatic heterocycles. The summed E-state index contributed by atoms with van der Waals surface area (Å²) < 4.78 is 2.19. The molecule has 0 fully saturated rings. The number of hydrogen-bond acceptors (Lipinski definition) is 5. The molecule has 34 heavy (non-hydrogen) atoms. The average Bonchev–Trinajstić information content (AvgIpc) is 3.24. The normalized spacial score (nSPS) is 11.8. The van der Waals surface area contributed by atoms with Gasteiger partial charge in [-0.15, -0.1) is 11.3 Å². The predicted octanol–water partition coefficient (Wildman–Crippen LogP) is 5.16. The van der Waals surface area contributed by atoms with Crippen molar-refractivity contribution in [3.8, 4) is 11.1 Å². The Balaban J connectivity index is 1.65. The third-order valence-corrected chi connectivity index (χ3v) is 6.51. The number of carbonyl (C=O) groups is 1. The van der Waals surface area contributed by atoms with E-state index >= 15 is 0 Å². The molecule has 0 atom stereocenters. The van der Waals surface area contributed by atoms with Gasteiger partial charge in [-0.2, -0.15) is 4.73 Å². The van der Waals surface area contributed by atoms with Gasteiger partial charge in [-0.05, 0) is 55.5 Å². The summed E-state index contributed by atoms with van der Waals surface area (Å²) in [6.45, 7) is 6.00. The Kier molecular flexibility index (Phi) is 6.93. The van der Waals surface area contributed by atoms with E-state index in [0.717, 1.165) is 37.1 Å². The zero-order valence-corrected chi connectivity index (χ0v) is 20.3. The summed E-state index contributed by atoms with van der Waals surface area (Å²) in [4.78, 5) is 17.4. The fourth-order valence-corrected chi connectivity index (χ4v) is 4.79. The maximum Gasteiger partial charge on any atom is 0.226 e. The van der Waals surface area contributed by atoms with Gasteiger partial charge in [-0.1, -0.05) is 42.5 Å². The Morgan fingerprint density at radius 1 is 1.09 bits per heavy atom. The second-order valence-electron chi connectivity index (χ2n) is 8.51. The number of fused-ring (bicyclic) bond motifs is 1. The van der Waals surface area contributed by atoms with Crippen molar-refractivity contribution >= 4 is 33.0 Å². The maximum atomic E-state index is 12.9. The Bertz CT molecular complexity index is 1410. The molecule has 0 saturated carbocycles. The van der Waals surface area contributed by atoms with Crippen molar-refractivity contribution in [2.24, 2.45) is 4.99 Å². The van der Waals surface area contributed by atoms with Gasteiger partial charge in [-0.3, -0.25) is 9.79 Å². The van der Waals surface area contributed by atoms with Crippen molar-refractivity contribution in [3.63, 3.8) is 0 Å². The van der Waals surface area contributed by atoms with Crippen LogP contribution < -0.4 is 10.8 Å². The van der Waals surface area contributed by atoms with Crippen LogP contribution in [-0.2, 0) is 17.8 Å². The summed E-state index contributed by atoms with van der Waals surface area (Å²) >= 11 is 1.64. The minimum Gasteiger partial charge on any atom is -0.427 e. The van der Waals surface area contributed by atoms with E-state index in [1.54, 1.807) is 24.3 Å². The molecule has 7 heteroatoms. The van der Waals surface area contributed by atoms with Crippen LogP contribution in [0.15, 0.2) is 71.0 Å². The van der Waals surface area contributed by atoms with E-state index in [9.17, 15) is 10.0 Å². The molecule has 2 heterocycles. The molecule has 4 aromatic rings. The molecule has 1 amide bonds. The minimum atomic E-state index is -0.197. The van der Waals surface area contributed by atoms with Gasteiger partial charge in [0, 0.05) is 39.5 Å². The highest BCUT2D eigenvalue weighted by Gasteiger charge is 2.17. The zero-order valence-electron chi connectivity index (χ0n) is 19.5. The highest BCUT2D eigenvalue weighted by Crippen LogP contribution is 2.35. The summed E-state index contributed by atoms with van der Waals surface area (Å²) in [5.41, 5.74) is 5.01. The molecule has 174 valence electrons. The van der Waals surface area contributed by atoms with E-state index in [1.165, 1.54) is 0 Å². The standard InChI is InChI=1S/C27H28N4O2S/c1-17(2)30-26-13-12-21(23-16-34-25-7-5-4-6-22(23)25)24(31(26)33)14-27(32)29-15-19-8-10-20(11-9-19)18(3)28/h4-13,16-17,28,33H,14-15H2,1-3H3,(H,29,32). The van der Waals surface area contributed by atoms with E-state index < -0.39 is 0 Å². The number of pyridine rings is 1. The van der Waals surface area contributed by atoms with Gasteiger partial charge >= 0.3 is 0 Å². The first kappa shape index (κ1) is 23.4. The van der Waals surface area contributed by atoms with Gasteiger partial charge in [0.1, 0.15) is 0 Å². The summed E-state index contributed by atoms with van der Waals surface area (Å²) in [6, 6.07) is 19.4. The summed E-state index contributed by atoms with van der Waals surface area (Å²) in [5, 5.41) is 24.8. The summed E-state index contributed by atoms with van der Waals surface area (Å²) in [7, 11) is 0. The molecule has 0 saturated heterocycles. The van der Waals surface area contributed by atoms with Crippen molar-refractivity contribution in [2.75, 3.05) is 0 Å². The Morgan fingerprint density at radius 2 is 1.82 bits per heavy atom. The third kappa shape index (κ3) is 5.10. The second-order valence-corrected chi connectivity index (χ2v) is 9.42. The van der Waals surface area contributed by atoms with Crippen LogP contribution in [0.3, 0.4) is 0 Å². The van der Waals surface area contributed by atoms with E-state index in [2.05, 4.69) is 27.8 Å². The number of rotatable bonds is 7. The van der Waals surface area contributed by atoms with Crippen LogP contribution >= 0.6 is 11.3 Å². The van der Waals surface area contributed by atoms with Crippen LogP contribution in [0.1, 0.15) is 37.6 Å². The van der Waals surface area contributed by atoms with Crippen LogP contribution in [0.5, 0.6) is 0 Å². The SMILES string of the molecule is CC(=N)c1ccc(CNC(=O)Cc2c(-c3csc4ccccc34)ccc(=NC(C)C)n2O)cc1. The molecule has 2 aromatic carbocycles. The Hall–Kier alpha value is -3.71. The average molecular weight is 473 g/mol. The van der Waals surface area contributed by atoms with Crippen molar-refractivity contribution in [1.82, 2.24) is 10.0 Å². The van der Waals surface area contributed by atoms with Gasteiger partial charge in [0.2, 0.25) is 5.91 Å². The highest BCUT2D eigenvalue weighted by molar-refractivity contribution is 7.17. The largest absolute Gasteiger partial charge is 0.427 e. The van der Waals surface area contributed by atoms with Crippen LogP contribution in [0.2, 0.25) is 0 Å². The number of amides is 1. The number of carbonyl (C=O) groups excluding carboxylic acids is 1. The lowest BCUT2D eigenvalue weighted by Gasteiger charge is -2.14. The van der Waals surface area contributed by atoms with Crippen LogP contribution in [0.4, 0.5) is 0 Å². The lowest BCUT2D eigenvalue weighted by atomic mass is 10.0. The van der Waals surface area contributed by atoms with Crippen molar-refractivity contribution in [2.45, 2.75) is 39.8 Å². The number of nitrogens with one attached hydrogen (secondary N) is 2. The molecule has 3 N–H and O–H groups in total. The zero-order chi connectivity index (χ0) is 24.2. The predicted molar refractivity (Wildman–Crippen MR) is 138 cm³/mol. The fraction of sp³-hybridized carbons (Fsp3) is 0.222. The molecule has 6 nitrogen and oxygen atoms in total. The first-order valence-electron chi connectivity index (χ1n) is 11.2. The van der Waals surface area contributed by atoms with Gasteiger partial charge in [0.15, 0.2) is 5.49 Å². The second kappa shape index (κ2) is 10.1. The Morgan fingerprint density at radius 3 is 2.53 bits per heavy atom. The Labute approximate surface area is 202 Å². The molecule has 0 bridgehead atoms. The van der Waals surface area contributed by atoms with E-state index in [-0.39, 0.29) is 18.4 Å². The number of benzene rings is 2. The number of thiophene rings is 1. The highest BCUT2D eigenvalue weighted by atomic mass is 32.1. The topological polar surface area (TPSA) is 90.5 Å². The van der Waals surface area contributed by atoms with Gasteiger partial charge < -0.3 is 15.9 Å². The summed E-state index contributed by atoms with van der Waals surface area (Å²) in [5.74, 6) is -0.197. The van der Waals surface area contributed by atoms with Crippen molar-refractivity contribution < 1.29 is 10.0 Å². The lowest BCUT2D eigenvalue weighted by molar-refractivity contribution is -0.120. The molecule has 0 aliphatic carbocycles. The van der Waals surface area contributed by atoms with E-state index in [1.807, 2.05) is 56.3 Å². The molecule has 0 spiro atoms. The number of hydrogen-bond donors (Lipinski definition) is 3. The lowest BCUT2D eigenvalue weighted by Crippen LogP contribution is -2.30. The molecule has 2 aromatic heterocycles. The quantitative estimate of drug-likeness (QED) is 0.256. The first-order chi connectivity index (χ1) is 16.3. The molecular formula is C27H28N4O2S. The van der Waals surface area contributed by atoms with Crippen LogP contribution in [-0.4, -0.2) is 27.6 Å². The van der Waals surface area contributed by atoms with Crippen molar-refractivity contribution in [1.29, 1.82) is 5.41 Å². The van der Waals surface area contributed by atoms with Crippen molar-refractivity contribution in [3.05, 3.63) is 88.4 Å². The molecular weight excluding hydrogens is 444 g/mol. The van der Waals surface area contributed by atoms with Gasteiger partial charge in [0.25, 0.3) is 0 Å². The number of nitrogens with zero attached hydrogens (tertiary/aromatic N) is 2. The van der Waals surface area contributed by atoms with Crippen LogP contribution in [0, 0.1) is 5.41 Å². The smallest absolute Gasteiger partial charge is 0.226 e. The van der Waals surface area contributed by atoms with Gasteiger partial charge in [0.05, 0.1) is 12.1 Å². The van der Waals surface area contributed by atoms with Crippen LogP contribution in [0.25, 0.3) is 21.2 Å².